The van der Waals surface area contributed by atoms with Gasteiger partial charge in [-0.3, -0.25) is 19.5 Å². The molecule has 2 heterocycles. The number of aliphatic hydroxyl groups is 1. The molecule has 0 saturated carbocycles. The van der Waals surface area contributed by atoms with Gasteiger partial charge in [-0.2, -0.15) is 0 Å². The Morgan fingerprint density at radius 1 is 1.06 bits per heavy atom. The molecule has 1 aliphatic heterocycles. The fraction of sp³-hybridized carbons (Fsp3) is 0.222. The number of hydrogen-bond acceptors (Lipinski definition) is 6. The van der Waals surface area contributed by atoms with Crippen molar-refractivity contribution in [3.8, 4) is 11.5 Å². The lowest BCUT2D eigenvalue weighted by Gasteiger charge is -2.27. The van der Waals surface area contributed by atoms with Gasteiger partial charge in [-0.15, -0.1) is 0 Å². The molecule has 1 N–H and O–H groups in total. The van der Waals surface area contributed by atoms with Gasteiger partial charge in [-0.05, 0) is 68.3 Å². The Hall–Kier alpha value is -3.84. The van der Waals surface area contributed by atoms with Crippen molar-refractivity contribution in [3.63, 3.8) is 0 Å². The molecule has 1 amide bonds. The summed E-state index contributed by atoms with van der Waals surface area (Å²) in [7, 11) is 0. The Kier molecular flexibility index (Phi) is 7.07. The van der Waals surface area contributed by atoms with Crippen molar-refractivity contribution in [3.05, 3.63) is 88.2 Å². The van der Waals surface area contributed by atoms with Gasteiger partial charge in [0, 0.05) is 29.2 Å². The number of carbonyl (C=O) groups excluding carboxylic acids is 2. The van der Waals surface area contributed by atoms with Crippen LogP contribution in [0.3, 0.4) is 0 Å². The molecular weight excluding hydrogens is 468 g/mol. The van der Waals surface area contributed by atoms with Gasteiger partial charge in [0.05, 0.1) is 30.4 Å². The molecule has 1 saturated heterocycles. The molecule has 3 aromatic rings. The first-order valence-electron chi connectivity index (χ1n) is 11.2. The molecule has 1 fully saturated rings. The molecule has 4 rings (SSSR count). The van der Waals surface area contributed by atoms with Crippen molar-refractivity contribution in [1.82, 2.24) is 4.98 Å². The number of aromatic nitrogens is 1. The summed E-state index contributed by atoms with van der Waals surface area (Å²) >= 11 is 6.34. The van der Waals surface area contributed by atoms with Gasteiger partial charge in [0.2, 0.25) is 0 Å². The highest BCUT2D eigenvalue weighted by molar-refractivity contribution is 6.52. The van der Waals surface area contributed by atoms with Gasteiger partial charge < -0.3 is 14.6 Å². The summed E-state index contributed by atoms with van der Waals surface area (Å²) in [4.78, 5) is 32.2. The highest BCUT2D eigenvalue weighted by Gasteiger charge is 2.47. The van der Waals surface area contributed by atoms with E-state index < -0.39 is 17.7 Å². The number of carbonyl (C=O) groups is 2. The number of nitrogens with zero attached hydrogens (tertiary/aromatic N) is 2. The molecule has 8 heteroatoms. The number of Topliss-reactive ketones (excluding diaryl/α,β-unsaturated/α-hetero) is 1. The second-order valence-corrected chi connectivity index (χ2v) is 8.26. The predicted octanol–water partition coefficient (Wildman–Crippen LogP) is 5.47. The van der Waals surface area contributed by atoms with Gasteiger partial charge >= 0.3 is 0 Å². The van der Waals surface area contributed by atoms with Gasteiger partial charge in [-0.25, -0.2) is 0 Å². The number of benzene rings is 2. The van der Waals surface area contributed by atoms with E-state index in [1.54, 1.807) is 67.8 Å². The standard InChI is InChI=1S/C27H25ClN2O5/c1-4-34-18-9-10-19(22(15-18)35-5-2)25(31)23-24(17-11-13-29-14-12-17)30(27(33)26(23)32)21-8-6-7-20(28)16(21)3/h6-15,24,31H,4-5H2,1-3H3/b25-23+. The lowest BCUT2D eigenvalue weighted by Crippen LogP contribution is -2.30. The normalized spacial score (nSPS) is 17.0. The number of anilines is 1. The van der Waals surface area contributed by atoms with Gasteiger partial charge in [-0.1, -0.05) is 17.7 Å². The van der Waals surface area contributed by atoms with Crippen molar-refractivity contribution in [2.75, 3.05) is 18.1 Å². The third-order valence-electron chi connectivity index (χ3n) is 5.78. The lowest BCUT2D eigenvalue weighted by molar-refractivity contribution is -0.132. The Bertz CT molecular complexity index is 1310. The van der Waals surface area contributed by atoms with Crippen LogP contribution in [0.15, 0.2) is 66.5 Å². The Morgan fingerprint density at radius 2 is 1.77 bits per heavy atom. The van der Waals surface area contributed by atoms with Crippen molar-refractivity contribution < 1.29 is 24.2 Å². The monoisotopic (exact) mass is 492 g/mol. The summed E-state index contributed by atoms with van der Waals surface area (Å²) in [6.45, 7) is 6.25. The van der Waals surface area contributed by atoms with E-state index in [1.165, 1.54) is 4.90 Å². The van der Waals surface area contributed by atoms with Crippen LogP contribution < -0.4 is 14.4 Å². The molecular formula is C27H25ClN2O5. The van der Waals surface area contributed by atoms with Crippen LogP contribution >= 0.6 is 11.6 Å². The Balaban J connectivity index is 1.96. The van der Waals surface area contributed by atoms with Crippen LogP contribution in [0.4, 0.5) is 5.69 Å². The maximum atomic E-state index is 13.4. The summed E-state index contributed by atoms with van der Waals surface area (Å²) in [6, 6.07) is 12.6. The maximum Gasteiger partial charge on any atom is 0.300 e. The highest BCUT2D eigenvalue weighted by atomic mass is 35.5. The van der Waals surface area contributed by atoms with Crippen LogP contribution in [0.25, 0.3) is 5.76 Å². The van der Waals surface area contributed by atoms with Gasteiger partial charge in [0.1, 0.15) is 17.3 Å². The topological polar surface area (TPSA) is 89.0 Å². The van der Waals surface area contributed by atoms with E-state index in [0.717, 1.165) is 0 Å². The van der Waals surface area contributed by atoms with Crippen molar-refractivity contribution in [2.45, 2.75) is 26.8 Å². The summed E-state index contributed by atoms with van der Waals surface area (Å²) in [6.07, 6.45) is 3.14. The number of amides is 1. The van der Waals surface area contributed by atoms with Crippen LogP contribution in [0.1, 0.15) is 36.6 Å². The highest BCUT2D eigenvalue weighted by Crippen LogP contribution is 2.45. The average molecular weight is 493 g/mol. The molecule has 2 aromatic carbocycles. The minimum Gasteiger partial charge on any atom is -0.507 e. The first-order valence-corrected chi connectivity index (χ1v) is 11.6. The number of pyridine rings is 1. The third-order valence-corrected chi connectivity index (χ3v) is 6.19. The largest absolute Gasteiger partial charge is 0.507 e. The Labute approximate surface area is 208 Å². The van der Waals surface area contributed by atoms with Crippen molar-refractivity contribution in [1.29, 1.82) is 0 Å². The zero-order chi connectivity index (χ0) is 25.1. The van der Waals surface area contributed by atoms with Crippen molar-refractivity contribution in [2.24, 2.45) is 0 Å². The zero-order valence-corrected chi connectivity index (χ0v) is 20.4. The summed E-state index contributed by atoms with van der Waals surface area (Å²) < 4.78 is 11.3. The molecule has 1 aromatic heterocycles. The minimum atomic E-state index is -0.892. The van der Waals surface area contributed by atoms with E-state index in [9.17, 15) is 14.7 Å². The first-order chi connectivity index (χ1) is 16.9. The van der Waals surface area contributed by atoms with Crippen LogP contribution in [0, 0.1) is 6.92 Å². The van der Waals surface area contributed by atoms with Crippen LogP contribution in [0.5, 0.6) is 11.5 Å². The summed E-state index contributed by atoms with van der Waals surface area (Å²) in [5, 5.41) is 11.9. The van der Waals surface area contributed by atoms with Gasteiger partial charge in [0.25, 0.3) is 11.7 Å². The molecule has 0 spiro atoms. The molecule has 0 bridgehead atoms. The van der Waals surface area contributed by atoms with E-state index >= 15 is 0 Å². The number of hydrogen-bond donors (Lipinski definition) is 1. The molecule has 1 unspecified atom stereocenters. The van der Waals surface area contributed by atoms with E-state index in [2.05, 4.69) is 4.98 Å². The number of rotatable bonds is 7. The lowest BCUT2D eigenvalue weighted by atomic mass is 9.95. The number of ether oxygens (including phenoxy) is 2. The van der Waals surface area contributed by atoms with Crippen molar-refractivity contribution >= 4 is 34.7 Å². The second kappa shape index (κ2) is 10.2. The molecule has 1 atom stereocenters. The van der Waals surface area contributed by atoms with Crippen LogP contribution in [-0.2, 0) is 9.59 Å². The molecule has 7 nitrogen and oxygen atoms in total. The molecule has 0 aliphatic carbocycles. The fourth-order valence-corrected chi connectivity index (χ4v) is 4.34. The van der Waals surface area contributed by atoms with E-state index in [1.807, 2.05) is 13.8 Å². The van der Waals surface area contributed by atoms with Crippen LogP contribution in [0.2, 0.25) is 5.02 Å². The molecule has 0 radical (unpaired) electrons. The minimum absolute atomic E-state index is 0.0503. The summed E-state index contributed by atoms with van der Waals surface area (Å²) in [5.41, 5.74) is 1.98. The SMILES string of the molecule is CCOc1ccc(/C(O)=C2\C(=O)C(=O)N(c3cccc(Cl)c3C)C2c2ccncc2)c(OCC)c1. The molecule has 180 valence electrons. The smallest absolute Gasteiger partial charge is 0.300 e. The second-order valence-electron chi connectivity index (χ2n) is 7.86. The molecule has 35 heavy (non-hydrogen) atoms. The molecule has 1 aliphatic rings. The van der Waals surface area contributed by atoms with Crippen LogP contribution in [-0.4, -0.2) is 35.0 Å². The van der Waals surface area contributed by atoms with E-state index in [0.29, 0.717) is 46.5 Å². The van der Waals surface area contributed by atoms with Gasteiger partial charge in [0.15, 0.2) is 0 Å². The maximum absolute atomic E-state index is 13.4. The first kappa shape index (κ1) is 24.3. The summed E-state index contributed by atoms with van der Waals surface area (Å²) in [5.74, 6) is -0.996. The third kappa shape index (κ3) is 4.47. The fourth-order valence-electron chi connectivity index (χ4n) is 4.17. The number of halogens is 1. The van der Waals surface area contributed by atoms with E-state index in [-0.39, 0.29) is 16.9 Å². The average Bonchev–Trinajstić information content (AvgIpc) is 3.12. The quantitative estimate of drug-likeness (QED) is 0.267. The Morgan fingerprint density at radius 3 is 2.46 bits per heavy atom. The van der Waals surface area contributed by atoms with E-state index in [4.69, 9.17) is 21.1 Å². The number of ketones is 1. The predicted molar refractivity (Wildman–Crippen MR) is 134 cm³/mol. The zero-order valence-electron chi connectivity index (χ0n) is 19.6. The number of aliphatic hydroxyl groups excluding tert-OH is 1.